The van der Waals surface area contributed by atoms with E-state index in [9.17, 15) is 0 Å². The molecule has 0 atom stereocenters. The molecule has 20 heavy (non-hydrogen) atoms. The number of nitrogens with zero attached hydrogens (tertiary/aromatic N) is 2. The van der Waals surface area contributed by atoms with Crippen LogP contribution >= 0.6 is 0 Å². The maximum Gasteiger partial charge on any atom is 0.163 e. The molecule has 1 fully saturated rings. The first-order valence-electron chi connectivity index (χ1n) is 7.27. The van der Waals surface area contributed by atoms with E-state index in [-0.39, 0.29) is 0 Å². The molecule has 0 spiro atoms. The molecule has 4 nitrogen and oxygen atoms in total. The van der Waals surface area contributed by atoms with Gasteiger partial charge in [-0.1, -0.05) is 30.3 Å². The lowest BCUT2D eigenvalue weighted by atomic mass is 10.2. The molecular weight excluding hydrogens is 248 g/mol. The summed E-state index contributed by atoms with van der Waals surface area (Å²) in [6, 6.07) is 12.1. The van der Waals surface area contributed by atoms with Crippen molar-refractivity contribution in [3.63, 3.8) is 0 Å². The molecule has 2 N–H and O–H groups in total. The molecule has 1 aliphatic rings. The summed E-state index contributed by atoms with van der Waals surface area (Å²) in [4.78, 5) is 9.20. The Morgan fingerprint density at radius 2 is 1.75 bits per heavy atom. The largest absolute Gasteiger partial charge is 0.370 e. The van der Waals surface area contributed by atoms with Gasteiger partial charge in [-0.05, 0) is 25.7 Å². The monoisotopic (exact) mass is 268 g/mol. The first-order chi connectivity index (χ1) is 9.85. The first kappa shape index (κ1) is 12.9. The zero-order valence-corrected chi connectivity index (χ0v) is 11.8. The van der Waals surface area contributed by atoms with Gasteiger partial charge in [-0.3, -0.25) is 0 Å². The zero-order chi connectivity index (χ0) is 13.8. The fourth-order valence-corrected chi connectivity index (χ4v) is 2.10. The molecule has 1 aliphatic carbocycles. The van der Waals surface area contributed by atoms with E-state index in [1.54, 1.807) is 0 Å². The highest BCUT2D eigenvalue weighted by Crippen LogP contribution is 2.29. The van der Waals surface area contributed by atoms with Crippen molar-refractivity contribution in [1.29, 1.82) is 0 Å². The molecule has 1 saturated carbocycles. The molecule has 4 heteroatoms. The lowest BCUT2D eigenvalue weighted by Gasteiger charge is -2.10. The Hall–Kier alpha value is -2.10. The molecule has 1 aromatic carbocycles. The average Bonchev–Trinajstić information content (AvgIpc) is 3.30. The van der Waals surface area contributed by atoms with Gasteiger partial charge in [0.05, 0.1) is 0 Å². The fourth-order valence-electron chi connectivity index (χ4n) is 2.10. The Morgan fingerprint density at radius 3 is 2.40 bits per heavy atom. The van der Waals surface area contributed by atoms with Crippen molar-refractivity contribution >= 4 is 11.6 Å². The van der Waals surface area contributed by atoms with Crippen molar-refractivity contribution < 1.29 is 0 Å². The molecule has 2 aromatic rings. The molecule has 1 heterocycles. The highest BCUT2D eigenvalue weighted by Gasteiger charge is 2.21. The topological polar surface area (TPSA) is 49.8 Å². The molecule has 0 amide bonds. The van der Waals surface area contributed by atoms with E-state index in [1.165, 1.54) is 12.8 Å². The average molecular weight is 268 g/mol. The van der Waals surface area contributed by atoms with E-state index in [4.69, 9.17) is 0 Å². The minimum atomic E-state index is 0.766. The van der Waals surface area contributed by atoms with Crippen LogP contribution in [0.5, 0.6) is 0 Å². The molecule has 1 aromatic heterocycles. The minimum Gasteiger partial charge on any atom is -0.370 e. The van der Waals surface area contributed by atoms with Crippen LogP contribution in [0.2, 0.25) is 0 Å². The number of rotatable bonds is 6. The van der Waals surface area contributed by atoms with Crippen molar-refractivity contribution in [2.75, 3.05) is 23.7 Å². The van der Waals surface area contributed by atoms with Crippen LogP contribution in [0, 0.1) is 5.92 Å². The smallest absolute Gasteiger partial charge is 0.163 e. The first-order valence-corrected chi connectivity index (χ1v) is 7.27. The lowest BCUT2D eigenvalue weighted by molar-refractivity contribution is 0.881. The van der Waals surface area contributed by atoms with E-state index in [2.05, 4.69) is 27.5 Å². The van der Waals surface area contributed by atoms with Crippen LogP contribution in [-0.2, 0) is 0 Å². The standard InChI is InChI=1S/C16H20N4/c1-2-17-14-10-15(18-11-12-8-9-12)20-16(19-14)13-6-4-3-5-7-13/h3-7,10,12H,2,8-9,11H2,1H3,(H2,17,18,19,20). The van der Waals surface area contributed by atoms with Crippen LogP contribution in [0.1, 0.15) is 19.8 Å². The molecule has 0 radical (unpaired) electrons. The van der Waals surface area contributed by atoms with Gasteiger partial charge < -0.3 is 10.6 Å². The Bertz CT molecular complexity index is 564. The third-order valence-corrected chi connectivity index (χ3v) is 3.38. The fraction of sp³-hybridized carbons (Fsp3) is 0.375. The zero-order valence-electron chi connectivity index (χ0n) is 11.8. The van der Waals surface area contributed by atoms with E-state index in [0.29, 0.717) is 0 Å². The van der Waals surface area contributed by atoms with Gasteiger partial charge in [-0.15, -0.1) is 0 Å². The van der Waals surface area contributed by atoms with Gasteiger partial charge in [-0.25, -0.2) is 9.97 Å². The summed E-state index contributed by atoms with van der Waals surface area (Å²) in [6.07, 6.45) is 2.67. The Labute approximate surface area is 119 Å². The Kier molecular flexibility index (Phi) is 3.81. The third kappa shape index (κ3) is 3.26. The molecular formula is C16H20N4. The summed E-state index contributed by atoms with van der Waals surface area (Å²) in [7, 11) is 0. The number of anilines is 2. The van der Waals surface area contributed by atoms with Crippen molar-refractivity contribution in [3.8, 4) is 11.4 Å². The second kappa shape index (κ2) is 5.90. The van der Waals surface area contributed by atoms with Crippen molar-refractivity contribution in [3.05, 3.63) is 36.4 Å². The second-order valence-corrected chi connectivity index (χ2v) is 5.18. The summed E-state index contributed by atoms with van der Waals surface area (Å²) in [5.74, 6) is 3.37. The number of benzene rings is 1. The van der Waals surface area contributed by atoms with Gasteiger partial charge in [0.25, 0.3) is 0 Å². The van der Waals surface area contributed by atoms with Crippen LogP contribution in [0.3, 0.4) is 0 Å². The van der Waals surface area contributed by atoms with Gasteiger partial charge in [-0.2, -0.15) is 0 Å². The van der Waals surface area contributed by atoms with Gasteiger partial charge in [0.2, 0.25) is 0 Å². The summed E-state index contributed by atoms with van der Waals surface area (Å²) in [5.41, 5.74) is 1.04. The summed E-state index contributed by atoms with van der Waals surface area (Å²) in [6.45, 7) is 3.94. The predicted octanol–water partition coefficient (Wildman–Crippen LogP) is 3.40. The van der Waals surface area contributed by atoms with Crippen molar-refractivity contribution in [1.82, 2.24) is 9.97 Å². The molecule has 104 valence electrons. The molecule has 0 saturated heterocycles. The van der Waals surface area contributed by atoms with Crippen molar-refractivity contribution in [2.45, 2.75) is 19.8 Å². The SMILES string of the molecule is CCNc1cc(NCC2CC2)nc(-c2ccccc2)n1. The lowest BCUT2D eigenvalue weighted by Crippen LogP contribution is -2.08. The van der Waals surface area contributed by atoms with Crippen LogP contribution in [0.15, 0.2) is 36.4 Å². The summed E-state index contributed by atoms with van der Waals surface area (Å²) in [5, 5.41) is 6.69. The van der Waals surface area contributed by atoms with Crippen LogP contribution in [0.4, 0.5) is 11.6 Å². The third-order valence-electron chi connectivity index (χ3n) is 3.38. The minimum absolute atomic E-state index is 0.766. The van der Waals surface area contributed by atoms with Gasteiger partial charge in [0.15, 0.2) is 5.82 Å². The van der Waals surface area contributed by atoms with Crippen LogP contribution in [0.25, 0.3) is 11.4 Å². The Morgan fingerprint density at radius 1 is 1.05 bits per heavy atom. The second-order valence-electron chi connectivity index (χ2n) is 5.18. The highest BCUT2D eigenvalue weighted by molar-refractivity contribution is 5.61. The van der Waals surface area contributed by atoms with E-state index >= 15 is 0 Å². The quantitative estimate of drug-likeness (QED) is 0.843. The maximum absolute atomic E-state index is 4.62. The van der Waals surface area contributed by atoms with Gasteiger partial charge in [0.1, 0.15) is 11.6 Å². The molecule has 0 unspecified atom stereocenters. The van der Waals surface area contributed by atoms with Gasteiger partial charge in [0, 0.05) is 24.7 Å². The molecule has 0 aliphatic heterocycles. The maximum atomic E-state index is 4.62. The number of hydrogen-bond donors (Lipinski definition) is 2. The van der Waals surface area contributed by atoms with E-state index < -0.39 is 0 Å². The number of hydrogen-bond acceptors (Lipinski definition) is 4. The summed E-state index contributed by atoms with van der Waals surface area (Å²) < 4.78 is 0. The normalized spacial score (nSPS) is 14.1. The van der Waals surface area contributed by atoms with Crippen molar-refractivity contribution in [2.24, 2.45) is 5.92 Å². The number of nitrogens with one attached hydrogen (secondary N) is 2. The molecule has 0 bridgehead atoms. The van der Waals surface area contributed by atoms with Crippen LogP contribution in [-0.4, -0.2) is 23.1 Å². The highest BCUT2D eigenvalue weighted by atomic mass is 15.1. The summed E-state index contributed by atoms with van der Waals surface area (Å²) >= 11 is 0. The molecule has 3 rings (SSSR count). The predicted molar refractivity (Wildman–Crippen MR) is 82.8 cm³/mol. The van der Waals surface area contributed by atoms with Gasteiger partial charge >= 0.3 is 0 Å². The Balaban J connectivity index is 1.87. The number of aromatic nitrogens is 2. The van der Waals surface area contributed by atoms with E-state index in [1.807, 2.05) is 36.4 Å². The van der Waals surface area contributed by atoms with E-state index in [0.717, 1.165) is 42.0 Å². The van der Waals surface area contributed by atoms with Crippen LogP contribution < -0.4 is 10.6 Å².